The second-order valence-corrected chi connectivity index (χ2v) is 13.1. The lowest BCUT2D eigenvalue weighted by Crippen LogP contribution is -2.53. The maximum Gasteiger partial charge on any atom is 0.249 e. The molecule has 0 N–H and O–H groups in total. The number of halogens is 3. The zero-order valence-electron chi connectivity index (χ0n) is 23.1. The number of alkyl halides is 2. The van der Waals surface area contributed by atoms with Gasteiger partial charge in [-0.25, -0.2) is 18.2 Å². The van der Waals surface area contributed by atoms with Gasteiger partial charge >= 0.3 is 0 Å². The van der Waals surface area contributed by atoms with Gasteiger partial charge in [-0.3, -0.25) is 4.79 Å². The Hall–Kier alpha value is -3.69. The predicted octanol–water partition coefficient (Wildman–Crippen LogP) is 7.56. The van der Waals surface area contributed by atoms with Crippen LogP contribution in [0.4, 0.5) is 18.9 Å². The molecule has 2 aromatic heterocycles. The molecule has 10 heteroatoms. The molecule has 218 valence electrons. The second-order valence-electron chi connectivity index (χ2n) is 13.1. The fourth-order valence-electron chi connectivity index (χ4n) is 7.30. The summed E-state index contributed by atoms with van der Waals surface area (Å²) in [6.07, 6.45) is 6.81. The van der Waals surface area contributed by atoms with E-state index in [1.807, 2.05) is 24.3 Å². The molecule has 5 saturated carbocycles. The fraction of sp³-hybridized carbons (Fsp3) is 0.500. The van der Waals surface area contributed by atoms with Gasteiger partial charge in [0.1, 0.15) is 11.3 Å². The number of anilines is 1. The van der Waals surface area contributed by atoms with Crippen molar-refractivity contribution in [2.24, 2.45) is 11.3 Å². The van der Waals surface area contributed by atoms with Crippen molar-refractivity contribution in [2.45, 2.75) is 81.5 Å². The topological polar surface area (TPSA) is 85.3 Å². The Morgan fingerprint density at radius 3 is 2.45 bits per heavy atom. The lowest BCUT2D eigenvalue weighted by molar-refractivity contribution is -0.148. The van der Waals surface area contributed by atoms with Gasteiger partial charge < -0.3 is 13.8 Å². The Kier molecular flexibility index (Phi) is 5.66. The number of hydrogen-bond donors (Lipinski definition) is 0. The number of aromatic nitrogens is 3. The Morgan fingerprint density at radius 2 is 1.74 bits per heavy atom. The minimum absolute atomic E-state index is 0.112. The van der Waals surface area contributed by atoms with Crippen LogP contribution in [0.2, 0.25) is 0 Å². The molecular formula is C32H31F3N4O3. The highest BCUT2D eigenvalue weighted by atomic mass is 19.3. The number of rotatable bonds is 7. The first-order valence-electron chi connectivity index (χ1n) is 14.9. The second kappa shape index (κ2) is 9.15. The molecular weight excluding hydrogens is 545 g/mol. The SMILES string of the molecule is O=C(C1CC(F)(F)C1)N(CC12CCC(c3nc(C4CC4)no3)(CC1)CC2)c1cccc(-c2nc3cc(F)ccc3o2)c1. The standard InChI is InChI=1S/C32H31F3N4O3/c33-22-6-7-25-24(15-22)36-27(41-25)20-2-1-3-23(14-20)39(28(40)21-16-32(34,35)17-21)18-30-8-11-31(12-9-30,13-10-30)29-37-26(38-42-29)19-4-5-19/h1-3,6-7,14-15,19,21H,4-5,8-13,16-18H2. The number of hydrogen-bond acceptors (Lipinski definition) is 6. The molecule has 42 heavy (non-hydrogen) atoms. The molecule has 1 amide bonds. The van der Waals surface area contributed by atoms with Crippen LogP contribution in [0.15, 0.2) is 51.4 Å². The molecule has 7 nitrogen and oxygen atoms in total. The summed E-state index contributed by atoms with van der Waals surface area (Å²) in [4.78, 5) is 24.8. The van der Waals surface area contributed by atoms with Gasteiger partial charge in [0.05, 0.1) is 0 Å². The van der Waals surface area contributed by atoms with Gasteiger partial charge in [-0.05, 0) is 87.1 Å². The number of carbonyl (C=O) groups is 1. The minimum Gasteiger partial charge on any atom is -0.436 e. The molecule has 5 aliphatic carbocycles. The van der Waals surface area contributed by atoms with Crippen molar-refractivity contribution in [1.29, 1.82) is 0 Å². The van der Waals surface area contributed by atoms with Crippen molar-refractivity contribution in [2.75, 3.05) is 11.4 Å². The first-order chi connectivity index (χ1) is 20.2. The summed E-state index contributed by atoms with van der Waals surface area (Å²) in [5, 5.41) is 4.26. The van der Waals surface area contributed by atoms with Gasteiger partial charge in [-0.1, -0.05) is 11.2 Å². The Bertz CT molecular complexity index is 1660. The van der Waals surface area contributed by atoms with Crippen molar-refractivity contribution in [3.8, 4) is 11.5 Å². The highest BCUT2D eigenvalue weighted by molar-refractivity contribution is 5.96. The molecule has 0 aliphatic heterocycles. The monoisotopic (exact) mass is 576 g/mol. The van der Waals surface area contributed by atoms with E-state index in [2.05, 4.69) is 10.1 Å². The smallest absolute Gasteiger partial charge is 0.249 e. The molecule has 0 unspecified atom stereocenters. The molecule has 4 aromatic rings. The summed E-state index contributed by atoms with van der Waals surface area (Å²) < 4.78 is 53.1. The van der Waals surface area contributed by atoms with E-state index in [-0.39, 0.29) is 16.7 Å². The first kappa shape index (κ1) is 26.0. The average molecular weight is 577 g/mol. The van der Waals surface area contributed by atoms with E-state index in [1.54, 1.807) is 4.90 Å². The summed E-state index contributed by atoms with van der Waals surface area (Å²) in [7, 11) is 0. The van der Waals surface area contributed by atoms with Crippen LogP contribution in [0.5, 0.6) is 0 Å². The maximum atomic E-state index is 13.9. The fourth-order valence-corrected chi connectivity index (χ4v) is 7.30. The maximum absolute atomic E-state index is 13.9. The van der Waals surface area contributed by atoms with E-state index in [9.17, 15) is 18.0 Å². The van der Waals surface area contributed by atoms with Gasteiger partial charge in [0.25, 0.3) is 0 Å². The molecule has 0 spiro atoms. The lowest BCUT2D eigenvalue weighted by atomic mass is 9.53. The third-order valence-corrected chi connectivity index (χ3v) is 10.2. The molecule has 2 heterocycles. The third-order valence-electron chi connectivity index (χ3n) is 10.2. The van der Waals surface area contributed by atoms with Gasteiger partial charge in [0.2, 0.25) is 23.6 Å². The van der Waals surface area contributed by atoms with Crippen LogP contribution in [-0.2, 0) is 10.2 Å². The molecule has 0 saturated heterocycles. The zero-order valence-corrected chi connectivity index (χ0v) is 23.1. The molecule has 0 radical (unpaired) electrons. The summed E-state index contributed by atoms with van der Waals surface area (Å²) in [6, 6.07) is 11.4. The summed E-state index contributed by atoms with van der Waals surface area (Å²) in [6.45, 7) is 0.462. The molecule has 0 atom stereocenters. The molecule has 5 fully saturated rings. The normalized spacial score (nSPS) is 26.8. The van der Waals surface area contributed by atoms with Gasteiger partial charge in [0.15, 0.2) is 11.4 Å². The minimum atomic E-state index is -2.79. The van der Waals surface area contributed by atoms with Gasteiger partial charge in [0, 0.05) is 54.0 Å². The molecule has 2 aromatic carbocycles. The Balaban J connectivity index is 1.07. The number of benzene rings is 2. The first-order valence-corrected chi connectivity index (χ1v) is 14.9. The van der Waals surface area contributed by atoms with Crippen LogP contribution in [-0.4, -0.2) is 33.5 Å². The number of oxazole rings is 1. The Labute approximate surface area is 240 Å². The highest BCUT2D eigenvalue weighted by Crippen LogP contribution is 2.58. The van der Waals surface area contributed by atoms with Gasteiger partial charge in [-0.2, -0.15) is 4.98 Å². The van der Waals surface area contributed by atoms with Crippen LogP contribution >= 0.6 is 0 Å². The van der Waals surface area contributed by atoms with Crippen molar-refractivity contribution in [3.63, 3.8) is 0 Å². The van der Waals surface area contributed by atoms with Crippen LogP contribution < -0.4 is 4.90 Å². The van der Waals surface area contributed by atoms with E-state index < -0.39 is 30.5 Å². The number of carbonyl (C=O) groups excluding carboxylic acids is 1. The van der Waals surface area contributed by atoms with Crippen LogP contribution in [0, 0.1) is 17.2 Å². The van der Waals surface area contributed by atoms with Crippen LogP contribution in [0.3, 0.4) is 0 Å². The highest BCUT2D eigenvalue weighted by Gasteiger charge is 2.55. The van der Waals surface area contributed by atoms with Crippen LogP contribution in [0.1, 0.15) is 81.8 Å². The van der Waals surface area contributed by atoms with Crippen LogP contribution in [0.25, 0.3) is 22.6 Å². The summed E-state index contributed by atoms with van der Waals surface area (Å²) in [5.74, 6) is -1.83. The predicted molar refractivity (Wildman–Crippen MR) is 148 cm³/mol. The van der Waals surface area contributed by atoms with Gasteiger partial charge in [-0.15, -0.1) is 0 Å². The number of nitrogens with zero attached hydrogens (tertiary/aromatic N) is 4. The quantitative estimate of drug-likeness (QED) is 0.226. The zero-order chi connectivity index (χ0) is 28.7. The number of amides is 1. The molecule has 5 aliphatic rings. The van der Waals surface area contributed by atoms with E-state index in [0.29, 0.717) is 40.7 Å². The third kappa shape index (κ3) is 4.41. The lowest BCUT2D eigenvalue weighted by Gasteiger charge is -2.53. The van der Waals surface area contributed by atoms with E-state index in [1.165, 1.54) is 18.2 Å². The van der Waals surface area contributed by atoms with Crippen molar-refractivity contribution >= 4 is 22.7 Å². The Morgan fingerprint density at radius 1 is 0.976 bits per heavy atom. The molecule has 9 rings (SSSR count). The van der Waals surface area contributed by atoms with E-state index >= 15 is 0 Å². The van der Waals surface area contributed by atoms with Crippen molar-refractivity contribution in [1.82, 2.24) is 15.1 Å². The average Bonchev–Trinajstić information content (AvgIpc) is 3.54. The van der Waals surface area contributed by atoms with Crippen molar-refractivity contribution in [3.05, 3.63) is 60.0 Å². The van der Waals surface area contributed by atoms with E-state index in [0.717, 1.165) is 63.1 Å². The largest absolute Gasteiger partial charge is 0.436 e. The van der Waals surface area contributed by atoms with Crippen molar-refractivity contribution < 1.29 is 26.9 Å². The summed E-state index contributed by atoms with van der Waals surface area (Å²) >= 11 is 0. The van der Waals surface area contributed by atoms with E-state index in [4.69, 9.17) is 13.9 Å². The molecule has 2 bridgehead atoms. The summed E-state index contributed by atoms with van der Waals surface area (Å²) in [5.41, 5.74) is 1.89. The number of fused-ring (bicyclic) bond motifs is 4.